The van der Waals surface area contributed by atoms with Crippen LogP contribution in [0.4, 0.5) is 0 Å². The molecule has 0 fully saturated rings. The molecule has 22 heavy (non-hydrogen) atoms. The third kappa shape index (κ3) is 52.6. The Morgan fingerprint density at radius 1 is 0.773 bits per heavy atom. The van der Waals surface area contributed by atoms with E-state index in [4.69, 9.17) is 15.3 Å². The third-order valence-corrected chi connectivity index (χ3v) is 2.26. The van der Waals surface area contributed by atoms with Gasteiger partial charge >= 0.3 is 17.9 Å². The average molecular weight is 316 g/mol. The Hall–Kier alpha value is -2.37. The summed E-state index contributed by atoms with van der Waals surface area (Å²) in [4.78, 5) is 27.8. The van der Waals surface area contributed by atoms with Crippen LogP contribution in [-0.2, 0) is 14.4 Å². The normalized spacial score (nSPS) is 8.45. The van der Waals surface area contributed by atoms with Gasteiger partial charge in [0.05, 0.1) is 0 Å². The van der Waals surface area contributed by atoms with Gasteiger partial charge in [-0.1, -0.05) is 54.4 Å². The summed E-state index contributed by atoms with van der Waals surface area (Å²) in [6.07, 6.45) is 2.50. The minimum Gasteiger partial charge on any atom is -0.478 e. The molecule has 0 spiro atoms. The minimum atomic E-state index is -0.981. The van der Waals surface area contributed by atoms with Gasteiger partial charge in [-0.3, -0.25) is 0 Å². The number of rotatable bonds is 3. The maximum absolute atomic E-state index is 9.25. The van der Waals surface area contributed by atoms with E-state index in [0.717, 1.165) is 24.1 Å². The van der Waals surface area contributed by atoms with E-state index in [1.165, 1.54) is 0 Å². The van der Waals surface area contributed by atoms with E-state index in [0.29, 0.717) is 5.41 Å². The fourth-order valence-corrected chi connectivity index (χ4v) is 0. The van der Waals surface area contributed by atoms with Crippen LogP contribution in [0.3, 0.4) is 0 Å². The number of aliphatic carboxylic acids is 3. The van der Waals surface area contributed by atoms with Gasteiger partial charge < -0.3 is 15.3 Å². The van der Waals surface area contributed by atoms with Gasteiger partial charge in [-0.25, -0.2) is 14.4 Å². The largest absolute Gasteiger partial charge is 0.478 e. The zero-order valence-corrected chi connectivity index (χ0v) is 14.0. The molecule has 0 radical (unpaired) electrons. The third-order valence-electron chi connectivity index (χ3n) is 2.26. The summed E-state index contributed by atoms with van der Waals surface area (Å²) in [5.41, 5.74) is 0.500. The van der Waals surface area contributed by atoms with E-state index in [-0.39, 0.29) is 0 Å². The van der Waals surface area contributed by atoms with Crippen LogP contribution in [0.25, 0.3) is 0 Å². The summed E-state index contributed by atoms with van der Waals surface area (Å²) in [5.74, 6) is -2.15. The van der Waals surface area contributed by atoms with E-state index >= 15 is 0 Å². The molecule has 0 bridgehead atoms. The van der Waals surface area contributed by atoms with E-state index < -0.39 is 17.9 Å². The summed E-state index contributed by atoms with van der Waals surface area (Å²) in [5, 5.41) is 22.8. The molecule has 0 rings (SSSR count). The van der Waals surface area contributed by atoms with Gasteiger partial charge in [0.1, 0.15) is 0 Å². The van der Waals surface area contributed by atoms with Crippen molar-refractivity contribution in [3.05, 3.63) is 38.0 Å². The van der Waals surface area contributed by atoms with E-state index in [1.807, 2.05) is 0 Å². The molecular formula is C16H28O6. The quantitative estimate of drug-likeness (QED) is 0.687. The van der Waals surface area contributed by atoms with Crippen molar-refractivity contribution >= 4 is 17.9 Å². The summed E-state index contributed by atoms with van der Waals surface area (Å²) in [7, 11) is 0. The predicted octanol–water partition coefficient (Wildman–Crippen LogP) is 3.46. The molecule has 3 N–H and O–H groups in total. The smallest absolute Gasteiger partial charge is 0.327 e. The average Bonchev–Trinajstić information content (AvgIpc) is 2.39. The van der Waals surface area contributed by atoms with Crippen LogP contribution >= 0.6 is 0 Å². The lowest BCUT2D eigenvalue weighted by molar-refractivity contribution is -0.132. The van der Waals surface area contributed by atoms with Crippen LogP contribution in [-0.4, -0.2) is 33.2 Å². The van der Waals surface area contributed by atoms with Crippen molar-refractivity contribution in [1.82, 2.24) is 0 Å². The zero-order valence-electron chi connectivity index (χ0n) is 14.0. The molecule has 0 amide bonds. The molecule has 0 aliphatic rings. The minimum absolute atomic E-state index is 0.500. The second kappa shape index (κ2) is 16.7. The second-order valence-electron chi connectivity index (χ2n) is 5.15. The zero-order chi connectivity index (χ0) is 18.9. The first-order chi connectivity index (χ1) is 9.75. The van der Waals surface area contributed by atoms with Crippen molar-refractivity contribution in [2.45, 2.75) is 34.6 Å². The number of carbonyl (C=O) groups is 3. The van der Waals surface area contributed by atoms with Crippen LogP contribution in [0.1, 0.15) is 34.6 Å². The van der Waals surface area contributed by atoms with Crippen molar-refractivity contribution in [3.8, 4) is 0 Å². The van der Waals surface area contributed by atoms with Crippen LogP contribution < -0.4 is 0 Å². The summed E-state index contributed by atoms with van der Waals surface area (Å²) < 4.78 is 0. The maximum atomic E-state index is 9.25. The summed E-state index contributed by atoms with van der Waals surface area (Å²) in [6, 6.07) is 0. The fraction of sp³-hybridized carbons (Fsp3) is 0.438. The second-order valence-corrected chi connectivity index (χ2v) is 5.15. The van der Waals surface area contributed by atoms with Crippen molar-refractivity contribution < 1.29 is 29.7 Å². The SMILES string of the molecule is C=CC(=O)O.C=CC(=O)O.C=CC(=O)O.CC(C)C(C)(C)C. The number of carboxylic acid groups (broad SMARTS) is 3. The molecule has 0 aromatic heterocycles. The van der Waals surface area contributed by atoms with Gasteiger partial charge in [-0.15, -0.1) is 0 Å². The standard InChI is InChI=1S/C7H16.3C3H4O2/c1-6(2)7(3,4)5;3*1-2-3(4)5/h6H,1-5H3;3*2H,1H2,(H,4,5). The van der Waals surface area contributed by atoms with Gasteiger partial charge in [0.25, 0.3) is 0 Å². The van der Waals surface area contributed by atoms with Crippen LogP contribution in [0.15, 0.2) is 38.0 Å². The number of carboxylic acids is 3. The molecule has 0 unspecified atom stereocenters. The number of hydrogen-bond acceptors (Lipinski definition) is 3. The molecule has 0 aliphatic carbocycles. The van der Waals surface area contributed by atoms with E-state index in [1.54, 1.807) is 0 Å². The Labute approximate surface area is 132 Å². The molecule has 0 saturated carbocycles. The first kappa shape index (κ1) is 27.9. The van der Waals surface area contributed by atoms with Crippen LogP contribution in [0.2, 0.25) is 0 Å². The highest BCUT2D eigenvalue weighted by Crippen LogP contribution is 2.23. The molecule has 0 heterocycles. The molecule has 0 aliphatic heterocycles. The highest BCUT2D eigenvalue weighted by Gasteiger charge is 2.13. The highest BCUT2D eigenvalue weighted by molar-refractivity contribution is 5.79. The molecule has 6 nitrogen and oxygen atoms in total. The molecule has 0 aromatic rings. The molecule has 0 atom stereocenters. The monoisotopic (exact) mass is 316 g/mol. The van der Waals surface area contributed by atoms with Crippen LogP contribution in [0, 0.1) is 11.3 Å². The topological polar surface area (TPSA) is 112 Å². The van der Waals surface area contributed by atoms with Crippen molar-refractivity contribution in [2.24, 2.45) is 11.3 Å². The number of hydrogen-bond donors (Lipinski definition) is 3. The summed E-state index contributed by atoms with van der Waals surface area (Å²) in [6.45, 7) is 20.2. The first-order valence-electron chi connectivity index (χ1n) is 6.32. The van der Waals surface area contributed by atoms with Crippen LogP contribution in [0.5, 0.6) is 0 Å². The first-order valence-corrected chi connectivity index (χ1v) is 6.32. The fourth-order valence-electron chi connectivity index (χ4n) is 0. The molecular weight excluding hydrogens is 288 g/mol. The van der Waals surface area contributed by atoms with Crippen molar-refractivity contribution in [1.29, 1.82) is 0 Å². The lowest BCUT2D eigenvalue weighted by Gasteiger charge is -2.22. The van der Waals surface area contributed by atoms with Gasteiger partial charge in [0.2, 0.25) is 0 Å². The summed E-state index contributed by atoms with van der Waals surface area (Å²) >= 11 is 0. The molecule has 128 valence electrons. The predicted molar refractivity (Wildman–Crippen MR) is 87.8 cm³/mol. The van der Waals surface area contributed by atoms with Crippen molar-refractivity contribution in [3.63, 3.8) is 0 Å². The van der Waals surface area contributed by atoms with Gasteiger partial charge in [0.15, 0.2) is 0 Å². The van der Waals surface area contributed by atoms with Gasteiger partial charge in [0, 0.05) is 18.2 Å². The Balaban J connectivity index is -0.0000000995. The van der Waals surface area contributed by atoms with E-state index in [2.05, 4.69) is 54.4 Å². The molecule has 6 heteroatoms. The Bertz CT molecular complexity index is 319. The Morgan fingerprint density at radius 3 is 0.864 bits per heavy atom. The maximum Gasteiger partial charge on any atom is 0.327 e. The lowest BCUT2D eigenvalue weighted by Crippen LogP contribution is -2.12. The molecule has 0 saturated heterocycles. The lowest BCUT2D eigenvalue weighted by atomic mass is 9.84. The van der Waals surface area contributed by atoms with Crippen molar-refractivity contribution in [2.75, 3.05) is 0 Å². The highest BCUT2D eigenvalue weighted by atomic mass is 16.4. The van der Waals surface area contributed by atoms with E-state index in [9.17, 15) is 14.4 Å². The van der Waals surface area contributed by atoms with Gasteiger partial charge in [-0.05, 0) is 11.3 Å². The Kier molecular flexibility index (Phi) is 21.1. The molecule has 0 aromatic carbocycles. The van der Waals surface area contributed by atoms with Gasteiger partial charge in [-0.2, -0.15) is 0 Å². The Morgan fingerprint density at radius 2 is 0.864 bits per heavy atom.